The number of benzene rings is 6. The molecule has 0 saturated carbocycles. The van der Waals surface area contributed by atoms with Crippen molar-refractivity contribution >= 4 is 84.8 Å². The van der Waals surface area contributed by atoms with Gasteiger partial charge in [0.2, 0.25) is 0 Å². The Labute approximate surface area is 232 Å². The molecule has 9 aromatic rings. The molecule has 0 fully saturated rings. The van der Waals surface area contributed by atoms with E-state index in [0.717, 1.165) is 0 Å². The van der Waals surface area contributed by atoms with E-state index in [1.54, 1.807) is 0 Å². The predicted molar refractivity (Wildman–Crippen MR) is 172 cm³/mol. The Hall–Kier alpha value is -4.44. The molecule has 0 radical (unpaired) electrons. The maximum atomic E-state index is 2.42. The third kappa shape index (κ3) is 3.12. The van der Waals surface area contributed by atoms with Gasteiger partial charge in [-0.1, -0.05) is 72.8 Å². The second-order valence-corrected chi connectivity index (χ2v) is 12.3. The van der Waals surface area contributed by atoms with Gasteiger partial charge in [-0.25, -0.2) is 0 Å². The van der Waals surface area contributed by atoms with E-state index in [4.69, 9.17) is 0 Å². The Morgan fingerprint density at radius 3 is 1.74 bits per heavy atom. The number of hydrogen-bond donors (Lipinski definition) is 0. The van der Waals surface area contributed by atoms with Crippen LogP contribution in [0.4, 0.5) is 0 Å². The van der Waals surface area contributed by atoms with Crippen molar-refractivity contribution in [2.75, 3.05) is 0 Å². The van der Waals surface area contributed by atoms with Crippen LogP contribution >= 0.6 is 22.7 Å². The van der Waals surface area contributed by atoms with Crippen LogP contribution in [-0.4, -0.2) is 4.57 Å². The van der Waals surface area contributed by atoms with E-state index < -0.39 is 0 Å². The standard InChI is InChI=1S/C36H21NS2/c1-4-10-31-25(7-1)29-19-22(23-14-18-35-30(20-23)27-9-3-6-12-34(27)38-35)13-17-32(29)37(31)24-15-16-28-26-8-2-5-11-33(26)39-36(28)21-24/h1-21H. The molecule has 3 aromatic heterocycles. The fourth-order valence-corrected chi connectivity index (χ4v) is 8.42. The van der Waals surface area contributed by atoms with Gasteiger partial charge in [0.15, 0.2) is 0 Å². The summed E-state index contributed by atoms with van der Waals surface area (Å²) in [6.07, 6.45) is 0. The van der Waals surface area contributed by atoms with Crippen LogP contribution < -0.4 is 0 Å². The van der Waals surface area contributed by atoms with Crippen molar-refractivity contribution in [3.63, 3.8) is 0 Å². The summed E-state index contributed by atoms with van der Waals surface area (Å²) in [5.41, 5.74) is 6.20. The van der Waals surface area contributed by atoms with Crippen LogP contribution in [0.15, 0.2) is 127 Å². The predicted octanol–water partition coefficient (Wildman–Crippen LogP) is 11.2. The molecule has 9 rings (SSSR count). The fraction of sp³-hybridized carbons (Fsp3) is 0. The minimum absolute atomic E-state index is 1.21. The highest BCUT2D eigenvalue weighted by Crippen LogP contribution is 2.40. The third-order valence-corrected chi connectivity index (χ3v) is 10.3. The highest BCUT2D eigenvalue weighted by Gasteiger charge is 2.15. The van der Waals surface area contributed by atoms with E-state index in [2.05, 4.69) is 132 Å². The molecule has 0 N–H and O–H groups in total. The van der Waals surface area contributed by atoms with Gasteiger partial charge in [0, 0.05) is 56.8 Å². The third-order valence-electron chi connectivity index (χ3n) is 8.00. The molecular formula is C36H21NS2. The molecule has 3 heterocycles. The van der Waals surface area contributed by atoms with Crippen LogP contribution in [0.3, 0.4) is 0 Å². The van der Waals surface area contributed by atoms with E-state index in [-0.39, 0.29) is 0 Å². The maximum absolute atomic E-state index is 2.42. The summed E-state index contributed by atoms with van der Waals surface area (Å²) < 4.78 is 7.78. The lowest BCUT2D eigenvalue weighted by atomic mass is 10.0. The quantitative estimate of drug-likeness (QED) is 0.209. The van der Waals surface area contributed by atoms with Gasteiger partial charge in [-0.3, -0.25) is 0 Å². The smallest absolute Gasteiger partial charge is 0.0541 e. The lowest BCUT2D eigenvalue weighted by Gasteiger charge is -2.09. The van der Waals surface area contributed by atoms with Gasteiger partial charge in [-0.15, -0.1) is 22.7 Å². The SMILES string of the molecule is c1ccc2c(c1)sc1cc(-n3c4ccccc4c4cc(-c5ccc6sc7ccccc7c6c5)ccc43)ccc12. The van der Waals surface area contributed by atoms with Crippen LogP contribution in [-0.2, 0) is 0 Å². The molecule has 1 nitrogen and oxygen atoms in total. The number of thiophene rings is 2. The summed E-state index contributed by atoms with van der Waals surface area (Å²) in [5.74, 6) is 0. The molecule has 6 aromatic carbocycles. The number of fused-ring (bicyclic) bond motifs is 9. The van der Waals surface area contributed by atoms with Crippen molar-refractivity contribution in [1.82, 2.24) is 4.57 Å². The molecular weight excluding hydrogens is 511 g/mol. The lowest BCUT2D eigenvalue weighted by Crippen LogP contribution is -1.93. The van der Waals surface area contributed by atoms with Crippen molar-refractivity contribution in [2.45, 2.75) is 0 Å². The van der Waals surface area contributed by atoms with Gasteiger partial charge in [-0.2, -0.15) is 0 Å². The van der Waals surface area contributed by atoms with E-state index in [0.29, 0.717) is 0 Å². The minimum Gasteiger partial charge on any atom is -0.309 e. The Morgan fingerprint density at radius 2 is 0.923 bits per heavy atom. The summed E-state index contributed by atoms with van der Waals surface area (Å²) in [6.45, 7) is 0. The van der Waals surface area contributed by atoms with Gasteiger partial charge in [-0.05, 0) is 65.7 Å². The van der Waals surface area contributed by atoms with Gasteiger partial charge >= 0.3 is 0 Å². The van der Waals surface area contributed by atoms with Crippen LogP contribution in [0.5, 0.6) is 0 Å². The second-order valence-electron chi connectivity index (χ2n) is 10.2. The molecule has 0 saturated heterocycles. The van der Waals surface area contributed by atoms with E-state index in [1.807, 2.05) is 22.7 Å². The largest absolute Gasteiger partial charge is 0.309 e. The Morgan fingerprint density at radius 1 is 0.359 bits per heavy atom. The van der Waals surface area contributed by atoms with E-state index in [9.17, 15) is 0 Å². The zero-order valence-corrected chi connectivity index (χ0v) is 22.5. The topological polar surface area (TPSA) is 4.93 Å². The van der Waals surface area contributed by atoms with Gasteiger partial charge < -0.3 is 4.57 Å². The number of nitrogens with zero attached hydrogens (tertiary/aromatic N) is 1. The summed E-state index contributed by atoms with van der Waals surface area (Å²) in [6, 6.07) is 47.0. The summed E-state index contributed by atoms with van der Waals surface area (Å²) >= 11 is 3.74. The first-order chi connectivity index (χ1) is 19.3. The Balaban J connectivity index is 1.26. The first-order valence-corrected chi connectivity index (χ1v) is 14.8. The molecule has 0 aliphatic heterocycles. The van der Waals surface area contributed by atoms with Crippen LogP contribution in [0.2, 0.25) is 0 Å². The van der Waals surface area contributed by atoms with Crippen molar-refractivity contribution in [2.24, 2.45) is 0 Å². The molecule has 0 aliphatic rings. The summed E-state index contributed by atoms with van der Waals surface area (Å²) in [7, 11) is 0. The van der Waals surface area contributed by atoms with E-state index >= 15 is 0 Å². The molecule has 0 spiro atoms. The van der Waals surface area contributed by atoms with Crippen molar-refractivity contribution in [3.05, 3.63) is 127 Å². The van der Waals surface area contributed by atoms with Crippen LogP contribution in [0, 0.1) is 0 Å². The van der Waals surface area contributed by atoms with Crippen molar-refractivity contribution in [1.29, 1.82) is 0 Å². The van der Waals surface area contributed by atoms with Crippen LogP contribution in [0.1, 0.15) is 0 Å². The summed E-state index contributed by atoms with van der Waals surface area (Å²) in [4.78, 5) is 0. The number of hydrogen-bond acceptors (Lipinski definition) is 2. The van der Waals surface area contributed by atoms with Gasteiger partial charge in [0.05, 0.1) is 11.0 Å². The first kappa shape index (κ1) is 21.5. The number of para-hydroxylation sites is 1. The first-order valence-electron chi connectivity index (χ1n) is 13.2. The molecule has 0 amide bonds. The fourth-order valence-electron chi connectivity index (χ4n) is 6.19. The molecule has 0 unspecified atom stereocenters. The maximum Gasteiger partial charge on any atom is 0.0541 e. The Bertz CT molecular complexity index is 2400. The lowest BCUT2D eigenvalue weighted by molar-refractivity contribution is 1.19. The minimum atomic E-state index is 1.21. The number of rotatable bonds is 2. The molecule has 0 bridgehead atoms. The zero-order valence-electron chi connectivity index (χ0n) is 20.9. The average molecular weight is 532 g/mol. The monoisotopic (exact) mass is 531 g/mol. The molecule has 0 atom stereocenters. The molecule has 39 heavy (non-hydrogen) atoms. The van der Waals surface area contributed by atoms with Gasteiger partial charge in [0.25, 0.3) is 0 Å². The van der Waals surface area contributed by atoms with Crippen molar-refractivity contribution < 1.29 is 0 Å². The highest BCUT2D eigenvalue weighted by atomic mass is 32.1. The van der Waals surface area contributed by atoms with Crippen LogP contribution in [0.25, 0.3) is 79.0 Å². The second kappa shape index (κ2) is 8.03. The zero-order chi connectivity index (χ0) is 25.5. The summed E-state index contributed by atoms with van der Waals surface area (Å²) in [5, 5.41) is 7.92. The normalized spacial score (nSPS) is 12.1. The molecule has 182 valence electrons. The molecule has 3 heteroatoms. The molecule has 0 aliphatic carbocycles. The Kier molecular flexibility index (Phi) is 4.43. The van der Waals surface area contributed by atoms with E-state index in [1.165, 1.54) is 79.0 Å². The van der Waals surface area contributed by atoms with Crippen molar-refractivity contribution in [3.8, 4) is 16.8 Å². The highest BCUT2D eigenvalue weighted by molar-refractivity contribution is 7.26. The number of aromatic nitrogens is 1. The average Bonchev–Trinajstić information content (AvgIpc) is 3.65. The van der Waals surface area contributed by atoms with Gasteiger partial charge in [0.1, 0.15) is 0 Å².